The topological polar surface area (TPSA) is 144 Å². The van der Waals surface area contributed by atoms with Crippen molar-refractivity contribution in [3.8, 4) is 0 Å². The van der Waals surface area contributed by atoms with Gasteiger partial charge in [0.05, 0.1) is 10.9 Å². The van der Waals surface area contributed by atoms with E-state index >= 15 is 0 Å². The van der Waals surface area contributed by atoms with Crippen molar-refractivity contribution in [3.05, 3.63) is 60.9 Å². The van der Waals surface area contributed by atoms with Crippen molar-refractivity contribution in [2.45, 2.75) is 25.8 Å². The second-order valence-corrected chi connectivity index (χ2v) is 7.77. The third kappa shape index (κ3) is 3.76. The van der Waals surface area contributed by atoms with Crippen LogP contribution in [0.5, 0.6) is 0 Å². The van der Waals surface area contributed by atoms with Crippen LogP contribution >= 0.6 is 23.7 Å². The molecule has 0 saturated heterocycles. The summed E-state index contributed by atoms with van der Waals surface area (Å²) in [5.74, 6) is -1.82. The molecule has 0 spiro atoms. The average Bonchev–Trinajstić information content (AvgIpc) is 3.35. The number of aryl methyl sites for hydroxylation is 3. The van der Waals surface area contributed by atoms with Gasteiger partial charge in [-0.2, -0.15) is 0 Å². The first kappa shape index (κ1) is 21.8. The molecular formula is C19H19ClN4O5S. The molecule has 0 radical (unpaired) electrons. The first-order valence-corrected chi connectivity index (χ1v) is 9.77. The number of aromatic amines is 1. The summed E-state index contributed by atoms with van der Waals surface area (Å²) in [6.45, 7) is 0.453. The lowest BCUT2D eigenvalue weighted by molar-refractivity contribution is 0.0683. The number of aromatic carboxylic acids is 1. The van der Waals surface area contributed by atoms with E-state index in [-0.39, 0.29) is 29.5 Å². The number of thiophene rings is 1. The number of hydrogen-bond acceptors (Lipinski definition) is 7. The number of carbonyl (C=O) groups is 1. The van der Waals surface area contributed by atoms with E-state index in [4.69, 9.17) is 15.3 Å². The van der Waals surface area contributed by atoms with Gasteiger partial charge in [0, 0.05) is 18.5 Å². The molecule has 0 fully saturated rings. The minimum absolute atomic E-state index is 0. The van der Waals surface area contributed by atoms with Crippen LogP contribution in [0.15, 0.2) is 32.2 Å². The molecule has 1 aromatic carbocycles. The molecule has 1 aliphatic carbocycles. The van der Waals surface area contributed by atoms with Crippen LogP contribution in [0.2, 0.25) is 0 Å². The Kier molecular flexibility index (Phi) is 6.11. The second kappa shape index (κ2) is 8.42. The van der Waals surface area contributed by atoms with Crippen LogP contribution in [0.4, 0.5) is 0 Å². The molecule has 3 aromatic heterocycles. The van der Waals surface area contributed by atoms with Crippen molar-refractivity contribution in [1.82, 2.24) is 14.5 Å². The highest BCUT2D eigenvalue weighted by Gasteiger charge is 2.22. The summed E-state index contributed by atoms with van der Waals surface area (Å²) < 4.78 is 6.46. The Labute approximate surface area is 179 Å². The highest BCUT2D eigenvalue weighted by Crippen LogP contribution is 2.34. The van der Waals surface area contributed by atoms with Crippen LogP contribution in [-0.4, -0.2) is 25.6 Å². The fraction of sp³-hybridized carbons (Fsp3) is 0.263. The number of H-pyrrole nitrogens is 1. The maximum absolute atomic E-state index is 11.8. The summed E-state index contributed by atoms with van der Waals surface area (Å²) in [4.78, 5) is 41.6. The Hall–Kier alpha value is -2.95. The fourth-order valence-corrected chi connectivity index (χ4v) is 4.67. The third-order valence-electron chi connectivity index (χ3n) is 4.87. The summed E-state index contributed by atoms with van der Waals surface area (Å²) in [5.41, 5.74) is 8.54. The SMILES string of the molecule is Cl.Cn1c(=O)oc2cc(CN)ccc21.O=C(O)c1nc2sc3c(c2c(=O)[nH]1)CCC3. The number of hydrogen-bond donors (Lipinski definition) is 3. The maximum Gasteiger partial charge on any atom is 0.419 e. The van der Waals surface area contributed by atoms with Crippen LogP contribution in [0, 0.1) is 0 Å². The van der Waals surface area contributed by atoms with Crippen molar-refractivity contribution in [2.24, 2.45) is 12.8 Å². The van der Waals surface area contributed by atoms with E-state index in [0.717, 1.165) is 35.9 Å². The monoisotopic (exact) mass is 450 g/mol. The van der Waals surface area contributed by atoms with Crippen molar-refractivity contribution in [3.63, 3.8) is 0 Å². The number of carboxylic acid groups (broad SMARTS) is 1. The molecule has 0 aliphatic heterocycles. The molecule has 158 valence electrons. The lowest BCUT2D eigenvalue weighted by Crippen LogP contribution is -2.15. The van der Waals surface area contributed by atoms with Gasteiger partial charge in [-0.3, -0.25) is 9.36 Å². The number of aromatic nitrogens is 3. The molecule has 0 unspecified atom stereocenters. The average molecular weight is 451 g/mol. The first-order chi connectivity index (χ1) is 13.9. The number of halogens is 1. The zero-order chi connectivity index (χ0) is 20.7. The Bertz CT molecular complexity index is 1370. The minimum Gasteiger partial charge on any atom is -0.475 e. The molecule has 5 rings (SSSR count). The number of benzene rings is 1. The first-order valence-electron chi connectivity index (χ1n) is 8.95. The normalized spacial score (nSPS) is 12.3. The van der Waals surface area contributed by atoms with Gasteiger partial charge in [0.1, 0.15) is 4.83 Å². The summed E-state index contributed by atoms with van der Waals surface area (Å²) in [6, 6.07) is 5.51. The highest BCUT2D eigenvalue weighted by molar-refractivity contribution is 7.18. The zero-order valence-electron chi connectivity index (χ0n) is 15.9. The number of carboxylic acids is 1. The Morgan fingerprint density at radius 3 is 2.83 bits per heavy atom. The molecule has 30 heavy (non-hydrogen) atoms. The van der Waals surface area contributed by atoms with Crippen molar-refractivity contribution >= 4 is 51.0 Å². The summed E-state index contributed by atoms with van der Waals surface area (Å²) in [5, 5.41) is 9.37. The van der Waals surface area contributed by atoms with Gasteiger partial charge in [-0.1, -0.05) is 6.07 Å². The predicted molar refractivity (Wildman–Crippen MR) is 116 cm³/mol. The van der Waals surface area contributed by atoms with Gasteiger partial charge in [0.15, 0.2) is 5.58 Å². The lowest BCUT2D eigenvalue weighted by Gasteiger charge is -1.95. The van der Waals surface area contributed by atoms with Gasteiger partial charge in [-0.15, -0.1) is 23.7 Å². The van der Waals surface area contributed by atoms with E-state index < -0.39 is 5.97 Å². The lowest BCUT2D eigenvalue weighted by atomic mass is 10.2. The Morgan fingerprint density at radius 2 is 2.13 bits per heavy atom. The molecule has 4 N–H and O–H groups in total. The van der Waals surface area contributed by atoms with Gasteiger partial charge in [0.25, 0.3) is 5.56 Å². The fourth-order valence-electron chi connectivity index (χ4n) is 3.41. The number of oxazole rings is 1. The minimum atomic E-state index is -1.20. The number of fused-ring (bicyclic) bond motifs is 4. The van der Waals surface area contributed by atoms with E-state index in [1.807, 2.05) is 12.1 Å². The molecule has 4 aromatic rings. The molecule has 1 aliphatic rings. The molecule has 3 heterocycles. The maximum atomic E-state index is 11.8. The summed E-state index contributed by atoms with van der Waals surface area (Å²) in [7, 11) is 1.68. The van der Waals surface area contributed by atoms with Crippen molar-refractivity contribution in [2.75, 3.05) is 0 Å². The molecule has 11 heteroatoms. The van der Waals surface area contributed by atoms with Crippen molar-refractivity contribution < 1.29 is 14.3 Å². The summed E-state index contributed by atoms with van der Waals surface area (Å²) in [6.07, 6.45) is 2.93. The number of rotatable bonds is 2. The number of nitrogens with two attached hydrogens (primary N) is 1. The standard InChI is InChI=1S/C10H8N2O3S.C9H10N2O2.ClH/c13-8-6-4-2-1-3-5(4)16-9(6)12-7(11-8)10(14)15;1-11-7-3-2-6(5-10)4-8(7)13-9(11)12;/h1-3H2,(H,14,15)(H,11,12,13);2-4H,5,10H2,1H3;1H. The third-order valence-corrected chi connectivity index (χ3v) is 6.06. The smallest absolute Gasteiger partial charge is 0.419 e. The largest absolute Gasteiger partial charge is 0.475 e. The van der Waals surface area contributed by atoms with Crippen LogP contribution < -0.4 is 17.0 Å². The van der Waals surface area contributed by atoms with Crippen LogP contribution in [0.1, 0.15) is 33.0 Å². The molecular weight excluding hydrogens is 432 g/mol. The highest BCUT2D eigenvalue weighted by atomic mass is 35.5. The Balaban J connectivity index is 0.000000169. The number of nitrogens with one attached hydrogen (secondary N) is 1. The van der Waals surface area contributed by atoms with E-state index in [1.54, 1.807) is 13.1 Å². The second-order valence-electron chi connectivity index (χ2n) is 6.69. The van der Waals surface area contributed by atoms with Gasteiger partial charge in [0.2, 0.25) is 5.82 Å². The van der Waals surface area contributed by atoms with Gasteiger partial charge in [-0.05, 0) is 42.5 Å². The zero-order valence-corrected chi connectivity index (χ0v) is 17.6. The van der Waals surface area contributed by atoms with E-state index in [1.165, 1.54) is 20.8 Å². The van der Waals surface area contributed by atoms with Crippen molar-refractivity contribution in [1.29, 1.82) is 0 Å². The van der Waals surface area contributed by atoms with Crippen LogP contribution in [0.25, 0.3) is 21.3 Å². The van der Waals surface area contributed by atoms with E-state index in [2.05, 4.69) is 9.97 Å². The summed E-state index contributed by atoms with van der Waals surface area (Å²) >= 11 is 1.44. The van der Waals surface area contributed by atoms with Gasteiger partial charge in [-0.25, -0.2) is 14.6 Å². The molecule has 0 amide bonds. The Morgan fingerprint density at radius 1 is 1.37 bits per heavy atom. The molecule has 0 bridgehead atoms. The molecule has 0 saturated carbocycles. The molecule has 9 nitrogen and oxygen atoms in total. The van der Waals surface area contributed by atoms with Crippen LogP contribution in [-0.2, 0) is 26.4 Å². The van der Waals surface area contributed by atoms with Gasteiger partial charge < -0.3 is 20.2 Å². The van der Waals surface area contributed by atoms with E-state index in [0.29, 0.717) is 22.3 Å². The molecule has 0 atom stereocenters. The van der Waals surface area contributed by atoms with Crippen LogP contribution in [0.3, 0.4) is 0 Å². The van der Waals surface area contributed by atoms with Gasteiger partial charge >= 0.3 is 11.7 Å². The van der Waals surface area contributed by atoms with E-state index in [9.17, 15) is 14.4 Å². The quantitative estimate of drug-likeness (QED) is 0.424. The predicted octanol–water partition coefficient (Wildman–Crippen LogP) is 2.18. The number of nitrogens with zero attached hydrogens (tertiary/aromatic N) is 2.